The molecule has 0 amide bonds. The maximum absolute atomic E-state index is 12.7. The van der Waals surface area contributed by atoms with Crippen LogP contribution in [0.15, 0.2) is 24.3 Å². The first-order valence-electron chi connectivity index (χ1n) is 4.98. The highest BCUT2D eigenvalue weighted by Crippen LogP contribution is 2.25. The Balaban J connectivity index is 2.11. The molecule has 1 fully saturated rings. The van der Waals surface area contributed by atoms with Gasteiger partial charge in [0.2, 0.25) is 0 Å². The van der Waals surface area contributed by atoms with Crippen molar-refractivity contribution in [1.29, 1.82) is 0 Å². The molecule has 2 rings (SSSR count). The minimum Gasteiger partial charge on any atom is -0.370 e. The van der Waals surface area contributed by atoms with Gasteiger partial charge < -0.3 is 10.6 Å². The SMILES string of the molecule is NC1(CF)CCN(c2ccc(F)cc2)C1. The summed E-state index contributed by atoms with van der Waals surface area (Å²) in [6.45, 7) is 0.714. The van der Waals surface area contributed by atoms with E-state index in [2.05, 4.69) is 0 Å². The van der Waals surface area contributed by atoms with Crippen molar-refractivity contribution in [1.82, 2.24) is 0 Å². The van der Waals surface area contributed by atoms with Gasteiger partial charge in [-0.15, -0.1) is 0 Å². The predicted octanol–water partition coefficient (Wildman–Crippen LogP) is 1.70. The Hall–Kier alpha value is -1.16. The van der Waals surface area contributed by atoms with Crippen molar-refractivity contribution in [3.8, 4) is 0 Å². The zero-order valence-corrected chi connectivity index (χ0v) is 8.42. The minimum atomic E-state index is -0.728. The molecule has 0 aromatic heterocycles. The number of nitrogens with zero attached hydrogens (tertiary/aromatic N) is 1. The molecule has 1 heterocycles. The highest BCUT2D eigenvalue weighted by Gasteiger charge is 2.34. The van der Waals surface area contributed by atoms with Crippen molar-refractivity contribution < 1.29 is 8.78 Å². The summed E-state index contributed by atoms with van der Waals surface area (Å²) in [6, 6.07) is 6.20. The van der Waals surface area contributed by atoms with E-state index in [1.165, 1.54) is 12.1 Å². The summed E-state index contributed by atoms with van der Waals surface area (Å²) in [5.74, 6) is -0.262. The van der Waals surface area contributed by atoms with Crippen molar-refractivity contribution in [2.45, 2.75) is 12.0 Å². The van der Waals surface area contributed by atoms with E-state index < -0.39 is 12.2 Å². The number of hydrogen-bond donors (Lipinski definition) is 1. The van der Waals surface area contributed by atoms with E-state index >= 15 is 0 Å². The molecule has 0 aliphatic carbocycles. The molecule has 1 aromatic rings. The first kappa shape index (κ1) is 10.4. The number of rotatable bonds is 2. The van der Waals surface area contributed by atoms with Gasteiger partial charge in [-0.25, -0.2) is 8.78 Å². The highest BCUT2D eigenvalue weighted by atomic mass is 19.1. The first-order valence-corrected chi connectivity index (χ1v) is 4.98. The smallest absolute Gasteiger partial charge is 0.123 e. The quantitative estimate of drug-likeness (QED) is 0.808. The van der Waals surface area contributed by atoms with Crippen LogP contribution in [-0.4, -0.2) is 25.3 Å². The van der Waals surface area contributed by atoms with E-state index in [1.54, 1.807) is 12.1 Å². The number of alkyl halides is 1. The molecule has 1 aliphatic rings. The molecule has 0 bridgehead atoms. The number of benzene rings is 1. The lowest BCUT2D eigenvalue weighted by atomic mass is 10.0. The molecule has 82 valence electrons. The van der Waals surface area contributed by atoms with Crippen molar-refractivity contribution in [3.05, 3.63) is 30.1 Å². The molecule has 1 aromatic carbocycles. The number of nitrogens with two attached hydrogens (primary N) is 1. The van der Waals surface area contributed by atoms with Crippen LogP contribution in [0, 0.1) is 5.82 Å². The Labute approximate surface area is 87.7 Å². The number of halogens is 2. The monoisotopic (exact) mass is 212 g/mol. The summed E-state index contributed by atoms with van der Waals surface area (Å²) >= 11 is 0. The summed E-state index contributed by atoms with van der Waals surface area (Å²) in [7, 11) is 0. The maximum Gasteiger partial charge on any atom is 0.123 e. The molecular weight excluding hydrogens is 198 g/mol. The lowest BCUT2D eigenvalue weighted by Gasteiger charge is -2.22. The van der Waals surface area contributed by atoms with Crippen LogP contribution in [-0.2, 0) is 0 Å². The molecule has 15 heavy (non-hydrogen) atoms. The Morgan fingerprint density at radius 3 is 2.53 bits per heavy atom. The normalized spacial score (nSPS) is 25.9. The lowest BCUT2D eigenvalue weighted by molar-refractivity contribution is 0.330. The van der Waals surface area contributed by atoms with E-state index in [1.807, 2.05) is 4.90 Å². The van der Waals surface area contributed by atoms with Gasteiger partial charge in [0.15, 0.2) is 0 Å². The van der Waals surface area contributed by atoms with E-state index in [0.717, 1.165) is 12.2 Å². The van der Waals surface area contributed by atoms with Crippen LogP contribution in [0.5, 0.6) is 0 Å². The average molecular weight is 212 g/mol. The van der Waals surface area contributed by atoms with E-state index in [4.69, 9.17) is 5.73 Å². The van der Waals surface area contributed by atoms with E-state index in [0.29, 0.717) is 13.0 Å². The van der Waals surface area contributed by atoms with Crippen molar-refractivity contribution in [3.63, 3.8) is 0 Å². The topological polar surface area (TPSA) is 29.3 Å². The summed E-state index contributed by atoms with van der Waals surface area (Å²) in [5, 5.41) is 0. The Bertz CT molecular complexity index is 339. The maximum atomic E-state index is 12.7. The van der Waals surface area contributed by atoms with Crippen LogP contribution >= 0.6 is 0 Å². The Kier molecular flexibility index (Phi) is 2.61. The minimum absolute atomic E-state index is 0.262. The average Bonchev–Trinajstić information content (AvgIpc) is 2.63. The third-order valence-electron chi connectivity index (χ3n) is 2.84. The van der Waals surface area contributed by atoms with Gasteiger partial charge in [0, 0.05) is 18.8 Å². The van der Waals surface area contributed by atoms with Crippen LogP contribution in [0.1, 0.15) is 6.42 Å². The zero-order chi connectivity index (χ0) is 10.9. The van der Waals surface area contributed by atoms with Crippen LogP contribution in [0.3, 0.4) is 0 Å². The predicted molar refractivity (Wildman–Crippen MR) is 56.1 cm³/mol. The molecule has 2 N–H and O–H groups in total. The van der Waals surface area contributed by atoms with Crippen molar-refractivity contribution in [2.24, 2.45) is 5.73 Å². The van der Waals surface area contributed by atoms with Crippen LogP contribution < -0.4 is 10.6 Å². The largest absolute Gasteiger partial charge is 0.370 e. The molecule has 1 saturated heterocycles. The zero-order valence-electron chi connectivity index (χ0n) is 8.42. The summed E-state index contributed by atoms with van der Waals surface area (Å²) in [4.78, 5) is 1.99. The molecule has 0 radical (unpaired) electrons. The van der Waals surface area contributed by atoms with E-state index in [-0.39, 0.29) is 5.82 Å². The van der Waals surface area contributed by atoms with Gasteiger partial charge in [-0.3, -0.25) is 0 Å². The standard InChI is InChI=1S/C11H14F2N2/c12-7-11(14)5-6-15(8-11)10-3-1-9(13)2-4-10/h1-4H,5-8,14H2. The lowest BCUT2D eigenvalue weighted by Crippen LogP contribution is -2.44. The molecule has 0 saturated carbocycles. The van der Waals surface area contributed by atoms with Crippen LogP contribution in [0.4, 0.5) is 14.5 Å². The van der Waals surface area contributed by atoms with Gasteiger partial charge in [0.25, 0.3) is 0 Å². The second-order valence-corrected chi connectivity index (χ2v) is 4.14. The van der Waals surface area contributed by atoms with Crippen molar-refractivity contribution in [2.75, 3.05) is 24.7 Å². The highest BCUT2D eigenvalue weighted by molar-refractivity contribution is 5.48. The molecule has 4 heteroatoms. The fraction of sp³-hybridized carbons (Fsp3) is 0.455. The van der Waals surface area contributed by atoms with Gasteiger partial charge in [-0.1, -0.05) is 0 Å². The molecule has 1 aliphatic heterocycles. The van der Waals surface area contributed by atoms with Gasteiger partial charge >= 0.3 is 0 Å². The third kappa shape index (κ3) is 2.09. The van der Waals surface area contributed by atoms with Gasteiger partial charge in [-0.2, -0.15) is 0 Å². The van der Waals surface area contributed by atoms with Crippen LogP contribution in [0.2, 0.25) is 0 Å². The van der Waals surface area contributed by atoms with Crippen molar-refractivity contribution >= 4 is 5.69 Å². The van der Waals surface area contributed by atoms with Gasteiger partial charge in [-0.05, 0) is 30.7 Å². The second-order valence-electron chi connectivity index (χ2n) is 4.14. The van der Waals surface area contributed by atoms with Gasteiger partial charge in [0.1, 0.15) is 12.5 Å². The first-order chi connectivity index (χ1) is 7.13. The molecule has 1 unspecified atom stereocenters. The van der Waals surface area contributed by atoms with Gasteiger partial charge in [0.05, 0.1) is 5.54 Å². The summed E-state index contributed by atoms with van der Waals surface area (Å²) in [5.41, 5.74) is 6.00. The molecule has 2 nitrogen and oxygen atoms in total. The van der Waals surface area contributed by atoms with Crippen LogP contribution in [0.25, 0.3) is 0 Å². The molecular formula is C11H14F2N2. The third-order valence-corrected chi connectivity index (χ3v) is 2.84. The van der Waals surface area contributed by atoms with E-state index in [9.17, 15) is 8.78 Å². The Morgan fingerprint density at radius 2 is 2.00 bits per heavy atom. The fourth-order valence-corrected chi connectivity index (χ4v) is 1.88. The molecule has 1 atom stereocenters. The number of hydrogen-bond acceptors (Lipinski definition) is 2. The molecule has 0 spiro atoms. The summed E-state index contributed by atoms with van der Waals surface area (Å²) in [6.07, 6.45) is 0.640. The summed E-state index contributed by atoms with van der Waals surface area (Å²) < 4.78 is 25.3. The number of anilines is 1. The second kappa shape index (κ2) is 3.77. The Morgan fingerprint density at radius 1 is 1.33 bits per heavy atom. The fourth-order valence-electron chi connectivity index (χ4n) is 1.88.